The Morgan fingerprint density at radius 3 is 2.69 bits per heavy atom. The van der Waals surface area contributed by atoms with E-state index in [2.05, 4.69) is 11.6 Å². The Morgan fingerprint density at radius 2 is 2.12 bits per heavy atom. The lowest BCUT2D eigenvalue weighted by molar-refractivity contribution is -0.136. The van der Waals surface area contributed by atoms with E-state index >= 15 is 0 Å². The third-order valence-corrected chi connectivity index (χ3v) is 3.29. The van der Waals surface area contributed by atoms with Crippen LogP contribution in [-0.2, 0) is 4.79 Å². The van der Waals surface area contributed by atoms with Gasteiger partial charge >= 0.3 is 5.97 Å². The van der Waals surface area contributed by atoms with Crippen LogP contribution >= 0.6 is 23.5 Å². The summed E-state index contributed by atoms with van der Waals surface area (Å²) >= 11 is 7.31. The highest BCUT2D eigenvalue weighted by atomic mass is 35.5. The van der Waals surface area contributed by atoms with E-state index in [1.165, 1.54) is 11.9 Å². The minimum atomic E-state index is -0.785. The first kappa shape index (κ1) is 13.4. The largest absolute Gasteiger partial charge is 0.481 e. The molecule has 0 heterocycles. The smallest absolute Gasteiger partial charge is 0.304 e. The molecule has 3 nitrogen and oxygen atoms in total. The summed E-state index contributed by atoms with van der Waals surface area (Å²) in [6.45, 7) is 2.53. The van der Waals surface area contributed by atoms with E-state index in [-0.39, 0.29) is 11.7 Å². The molecule has 5 heteroatoms. The molecule has 0 fully saturated rings. The SMILES string of the molecule is CC(SNCCC(=O)O)c1ccc(Cl)cc1. The van der Waals surface area contributed by atoms with Crippen molar-refractivity contribution in [2.45, 2.75) is 18.6 Å². The van der Waals surface area contributed by atoms with E-state index in [9.17, 15) is 4.79 Å². The first-order chi connectivity index (χ1) is 7.59. The van der Waals surface area contributed by atoms with Gasteiger partial charge in [0.15, 0.2) is 0 Å². The summed E-state index contributed by atoms with van der Waals surface area (Å²) < 4.78 is 3.03. The zero-order chi connectivity index (χ0) is 12.0. The lowest BCUT2D eigenvalue weighted by Gasteiger charge is -2.11. The molecule has 0 spiro atoms. The highest BCUT2D eigenvalue weighted by molar-refractivity contribution is 7.97. The molecule has 2 N–H and O–H groups in total. The number of rotatable bonds is 6. The minimum Gasteiger partial charge on any atom is -0.481 e. The molecule has 0 radical (unpaired) electrons. The predicted molar refractivity (Wildman–Crippen MR) is 67.7 cm³/mol. The number of carbonyl (C=O) groups is 1. The maximum absolute atomic E-state index is 10.3. The molecule has 0 bridgehead atoms. The third kappa shape index (κ3) is 4.88. The fraction of sp³-hybridized carbons (Fsp3) is 0.364. The van der Waals surface area contributed by atoms with Gasteiger partial charge in [-0.25, -0.2) is 0 Å². The molecule has 0 aliphatic rings. The minimum absolute atomic E-state index is 0.139. The summed E-state index contributed by atoms with van der Waals surface area (Å²) in [5.74, 6) is -0.785. The van der Waals surface area contributed by atoms with Crippen molar-refractivity contribution in [2.75, 3.05) is 6.54 Å². The van der Waals surface area contributed by atoms with Crippen LogP contribution in [0.1, 0.15) is 24.2 Å². The van der Waals surface area contributed by atoms with Gasteiger partial charge in [-0.15, -0.1) is 0 Å². The van der Waals surface area contributed by atoms with Crippen LogP contribution in [0.4, 0.5) is 0 Å². The second-order valence-electron chi connectivity index (χ2n) is 3.35. The Kier molecular flexibility index (Phi) is 5.66. The zero-order valence-corrected chi connectivity index (χ0v) is 10.5. The summed E-state index contributed by atoms with van der Waals surface area (Å²) in [5.41, 5.74) is 1.16. The van der Waals surface area contributed by atoms with Crippen LogP contribution in [0.5, 0.6) is 0 Å². The van der Waals surface area contributed by atoms with Crippen molar-refractivity contribution in [3.63, 3.8) is 0 Å². The number of carboxylic acid groups (broad SMARTS) is 1. The van der Waals surface area contributed by atoms with Crippen LogP contribution in [0.15, 0.2) is 24.3 Å². The van der Waals surface area contributed by atoms with Gasteiger partial charge in [-0.2, -0.15) is 0 Å². The second kappa shape index (κ2) is 6.78. The number of nitrogens with one attached hydrogen (secondary N) is 1. The molecule has 1 aromatic carbocycles. The highest BCUT2D eigenvalue weighted by Gasteiger charge is 2.05. The van der Waals surface area contributed by atoms with Crippen LogP contribution in [0.2, 0.25) is 5.02 Å². The van der Waals surface area contributed by atoms with Gasteiger partial charge in [-0.05, 0) is 24.6 Å². The van der Waals surface area contributed by atoms with Gasteiger partial charge in [-0.1, -0.05) is 35.7 Å². The van der Waals surface area contributed by atoms with Crippen molar-refractivity contribution >= 4 is 29.5 Å². The molecule has 1 rings (SSSR count). The summed E-state index contributed by atoms with van der Waals surface area (Å²) in [6, 6.07) is 7.65. The Labute approximate surface area is 104 Å². The van der Waals surface area contributed by atoms with Gasteiger partial charge in [0, 0.05) is 16.8 Å². The monoisotopic (exact) mass is 259 g/mol. The number of benzene rings is 1. The first-order valence-corrected chi connectivity index (χ1v) is 6.21. The highest BCUT2D eigenvalue weighted by Crippen LogP contribution is 2.26. The molecule has 0 aliphatic carbocycles. The molecule has 1 atom stereocenters. The number of hydrogen-bond acceptors (Lipinski definition) is 3. The van der Waals surface area contributed by atoms with E-state index in [4.69, 9.17) is 16.7 Å². The van der Waals surface area contributed by atoms with Crippen molar-refractivity contribution in [3.8, 4) is 0 Å². The molecule has 0 saturated heterocycles. The maximum Gasteiger partial charge on any atom is 0.304 e. The zero-order valence-electron chi connectivity index (χ0n) is 8.94. The van der Waals surface area contributed by atoms with E-state index in [0.717, 1.165) is 10.6 Å². The van der Waals surface area contributed by atoms with Crippen molar-refractivity contribution in [1.29, 1.82) is 0 Å². The van der Waals surface area contributed by atoms with Gasteiger partial charge < -0.3 is 5.11 Å². The Bertz CT molecular complexity index is 342. The fourth-order valence-electron chi connectivity index (χ4n) is 1.14. The van der Waals surface area contributed by atoms with Crippen LogP contribution in [0, 0.1) is 0 Å². The van der Waals surface area contributed by atoms with Gasteiger partial charge in [0.05, 0.1) is 6.42 Å². The standard InChI is InChI=1S/C11H14ClNO2S/c1-8(16-13-7-6-11(14)15)9-2-4-10(12)5-3-9/h2-5,8,13H,6-7H2,1H3,(H,14,15). The molecule has 0 aromatic heterocycles. The molecule has 1 unspecified atom stereocenters. The van der Waals surface area contributed by atoms with Crippen LogP contribution < -0.4 is 4.72 Å². The van der Waals surface area contributed by atoms with Crippen LogP contribution in [0.25, 0.3) is 0 Å². The molecule has 1 aromatic rings. The quantitative estimate of drug-likeness (QED) is 0.609. The van der Waals surface area contributed by atoms with E-state index < -0.39 is 5.97 Å². The van der Waals surface area contributed by atoms with Gasteiger partial charge in [0.25, 0.3) is 0 Å². The van der Waals surface area contributed by atoms with E-state index in [1.807, 2.05) is 24.3 Å². The average molecular weight is 260 g/mol. The molecule has 16 heavy (non-hydrogen) atoms. The molecule has 88 valence electrons. The molecular weight excluding hydrogens is 246 g/mol. The Hall–Kier alpha value is -0.710. The molecule has 0 saturated carbocycles. The van der Waals surface area contributed by atoms with E-state index in [1.54, 1.807) is 0 Å². The average Bonchev–Trinajstić information content (AvgIpc) is 2.25. The van der Waals surface area contributed by atoms with Gasteiger partial charge in [0.1, 0.15) is 0 Å². The van der Waals surface area contributed by atoms with Crippen molar-refractivity contribution in [3.05, 3.63) is 34.9 Å². The van der Waals surface area contributed by atoms with Crippen LogP contribution in [-0.4, -0.2) is 17.6 Å². The maximum atomic E-state index is 10.3. The predicted octanol–water partition coefficient (Wildman–Crippen LogP) is 3.11. The topological polar surface area (TPSA) is 49.3 Å². The molecule has 0 amide bonds. The van der Waals surface area contributed by atoms with E-state index in [0.29, 0.717) is 6.54 Å². The normalized spacial score (nSPS) is 12.4. The van der Waals surface area contributed by atoms with Gasteiger partial charge in [-0.3, -0.25) is 9.52 Å². The number of aliphatic carboxylic acids is 1. The Morgan fingerprint density at radius 1 is 1.50 bits per heavy atom. The lowest BCUT2D eigenvalue weighted by Crippen LogP contribution is -2.12. The second-order valence-corrected chi connectivity index (χ2v) is 5.02. The van der Waals surface area contributed by atoms with Crippen molar-refractivity contribution < 1.29 is 9.90 Å². The summed E-state index contributed by atoms with van der Waals surface area (Å²) in [4.78, 5) is 10.3. The molecular formula is C11H14ClNO2S. The third-order valence-electron chi connectivity index (χ3n) is 2.04. The molecule has 0 aliphatic heterocycles. The Balaban J connectivity index is 2.32. The lowest BCUT2D eigenvalue weighted by atomic mass is 10.2. The van der Waals surface area contributed by atoms with Crippen molar-refractivity contribution in [2.24, 2.45) is 0 Å². The van der Waals surface area contributed by atoms with Gasteiger partial charge in [0.2, 0.25) is 0 Å². The summed E-state index contributed by atoms with van der Waals surface area (Å²) in [5, 5.41) is 9.45. The van der Waals surface area contributed by atoms with Crippen LogP contribution in [0.3, 0.4) is 0 Å². The first-order valence-electron chi connectivity index (χ1n) is 4.95. The number of halogens is 1. The van der Waals surface area contributed by atoms with Crippen molar-refractivity contribution in [1.82, 2.24) is 4.72 Å². The summed E-state index contributed by atoms with van der Waals surface area (Å²) in [6.07, 6.45) is 0.139. The number of hydrogen-bond donors (Lipinski definition) is 2. The fourth-order valence-corrected chi connectivity index (χ4v) is 2.03. The summed E-state index contributed by atoms with van der Waals surface area (Å²) in [7, 11) is 0. The number of carboxylic acids is 1.